The summed E-state index contributed by atoms with van der Waals surface area (Å²) >= 11 is 0. The number of aryl methyl sites for hydroxylation is 1. The highest BCUT2D eigenvalue weighted by Crippen LogP contribution is 2.35. The van der Waals surface area contributed by atoms with Crippen molar-refractivity contribution in [3.05, 3.63) is 53.7 Å². The average Bonchev–Trinajstić information content (AvgIpc) is 3.20. The molecule has 4 rings (SSSR count). The summed E-state index contributed by atoms with van der Waals surface area (Å²) in [6.45, 7) is 2.09. The van der Waals surface area contributed by atoms with Crippen LogP contribution in [0.1, 0.15) is 30.4 Å². The van der Waals surface area contributed by atoms with Crippen LogP contribution in [0.5, 0.6) is 5.75 Å². The number of carbonyl (C=O) groups is 1. The second kappa shape index (κ2) is 8.77. The second-order valence-electron chi connectivity index (χ2n) is 8.19. The summed E-state index contributed by atoms with van der Waals surface area (Å²) in [7, 11) is 1.62. The number of aromatic nitrogens is 1. The highest BCUT2D eigenvalue weighted by molar-refractivity contribution is 5.77. The van der Waals surface area contributed by atoms with Gasteiger partial charge in [-0.25, -0.2) is 4.98 Å². The van der Waals surface area contributed by atoms with E-state index in [0.29, 0.717) is 31.1 Å². The number of fused-ring (bicyclic) bond motifs is 1. The van der Waals surface area contributed by atoms with E-state index in [0.717, 1.165) is 49.5 Å². The lowest BCUT2D eigenvalue weighted by atomic mass is 9.92. The van der Waals surface area contributed by atoms with Crippen LogP contribution in [0.3, 0.4) is 0 Å². The molecule has 1 aromatic carbocycles. The van der Waals surface area contributed by atoms with Crippen molar-refractivity contribution >= 4 is 11.7 Å². The number of nitrogens with zero attached hydrogens (tertiary/aromatic N) is 3. The Morgan fingerprint density at radius 1 is 1.13 bits per heavy atom. The minimum Gasteiger partial charge on any atom is -0.497 e. The predicted molar refractivity (Wildman–Crippen MR) is 111 cm³/mol. The molecule has 1 aromatic heterocycles. The summed E-state index contributed by atoms with van der Waals surface area (Å²) in [4.78, 5) is 20.9. The number of piperidine rings is 1. The van der Waals surface area contributed by atoms with Crippen molar-refractivity contribution in [3.63, 3.8) is 0 Å². The van der Waals surface area contributed by atoms with Crippen LogP contribution in [-0.2, 0) is 17.4 Å². The highest BCUT2D eigenvalue weighted by Gasteiger charge is 2.40. The van der Waals surface area contributed by atoms with Gasteiger partial charge in [-0.15, -0.1) is 0 Å². The van der Waals surface area contributed by atoms with Crippen molar-refractivity contribution in [2.45, 2.75) is 37.9 Å². The fraction of sp³-hybridized carbons (Fsp3) is 0.478. The molecular formula is C23H26F3N3O2. The van der Waals surface area contributed by atoms with E-state index in [4.69, 9.17) is 4.74 Å². The van der Waals surface area contributed by atoms with Crippen LogP contribution in [0.15, 0.2) is 42.6 Å². The minimum atomic E-state index is -4.39. The lowest BCUT2D eigenvalue weighted by Gasteiger charge is -2.39. The van der Waals surface area contributed by atoms with Gasteiger partial charge in [0.1, 0.15) is 11.6 Å². The van der Waals surface area contributed by atoms with Crippen LogP contribution in [-0.4, -0.2) is 48.6 Å². The van der Waals surface area contributed by atoms with Gasteiger partial charge in [0.15, 0.2) is 0 Å². The number of hydrogen-bond donors (Lipinski definition) is 0. The third-order valence-electron chi connectivity index (χ3n) is 6.37. The van der Waals surface area contributed by atoms with Gasteiger partial charge in [-0.1, -0.05) is 12.1 Å². The number of likely N-dealkylation sites (tertiary alicyclic amines) is 1. The van der Waals surface area contributed by atoms with E-state index in [9.17, 15) is 18.0 Å². The van der Waals surface area contributed by atoms with Crippen molar-refractivity contribution < 1.29 is 22.7 Å². The van der Waals surface area contributed by atoms with E-state index in [1.165, 1.54) is 6.07 Å². The van der Waals surface area contributed by atoms with E-state index in [1.807, 2.05) is 34.1 Å². The van der Waals surface area contributed by atoms with E-state index in [2.05, 4.69) is 4.98 Å². The first kappa shape index (κ1) is 21.5. The standard InChI is InChI=1S/C23H26F3N3O2/c1-31-19-6-2-16(3-7-19)4-9-22(30)29-13-11-17-10-12-28(15-20(17)29)21-8-5-18(14-27-21)23(24,25)26/h2-3,5-8,14,17,20H,4,9-13,15H2,1H3. The van der Waals surface area contributed by atoms with Gasteiger partial charge in [-0.3, -0.25) is 4.79 Å². The fourth-order valence-electron chi connectivity index (χ4n) is 4.59. The molecule has 2 saturated heterocycles. The first-order valence-electron chi connectivity index (χ1n) is 10.6. The van der Waals surface area contributed by atoms with E-state index >= 15 is 0 Å². The zero-order valence-electron chi connectivity index (χ0n) is 17.4. The molecule has 2 aromatic rings. The summed E-state index contributed by atoms with van der Waals surface area (Å²) in [6.07, 6.45) is -0.511. The second-order valence-corrected chi connectivity index (χ2v) is 8.19. The van der Waals surface area contributed by atoms with Crippen molar-refractivity contribution in [1.29, 1.82) is 0 Å². The summed E-state index contributed by atoms with van der Waals surface area (Å²) in [5.74, 6) is 1.89. The number of hydrogen-bond acceptors (Lipinski definition) is 4. The average molecular weight is 433 g/mol. The smallest absolute Gasteiger partial charge is 0.417 e. The summed E-state index contributed by atoms with van der Waals surface area (Å²) < 4.78 is 43.6. The molecule has 0 radical (unpaired) electrons. The number of amides is 1. The molecule has 8 heteroatoms. The van der Waals surface area contributed by atoms with Gasteiger partial charge in [0, 0.05) is 32.3 Å². The monoisotopic (exact) mass is 433 g/mol. The number of rotatable bonds is 5. The zero-order chi connectivity index (χ0) is 22.0. The summed E-state index contributed by atoms with van der Waals surface area (Å²) in [5, 5.41) is 0. The fourth-order valence-corrected chi connectivity index (χ4v) is 4.59. The minimum absolute atomic E-state index is 0.0845. The molecule has 2 unspecified atom stereocenters. The molecule has 3 heterocycles. The normalized spacial score (nSPS) is 21.2. The van der Waals surface area contributed by atoms with Crippen LogP contribution >= 0.6 is 0 Å². The third-order valence-corrected chi connectivity index (χ3v) is 6.37. The van der Waals surface area contributed by atoms with Crippen LogP contribution in [0.25, 0.3) is 0 Å². The Kier molecular flexibility index (Phi) is 6.07. The molecule has 0 saturated carbocycles. The number of halogens is 3. The first-order chi connectivity index (χ1) is 14.8. The Morgan fingerprint density at radius 3 is 2.52 bits per heavy atom. The van der Waals surface area contributed by atoms with Gasteiger partial charge in [0.25, 0.3) is 0 Å². The Balaban J connectivity index is 1.37. The molecule has 2 atom stereocenters. The van der Waals surface area contributed by atoms with Crippen LogP contribution < -0.4 is 9.64 Å². The van der Waals surface area contributed by atoms with Crippen LogP contribution in [0, 0.1) is 5.92 Å². The number of benzene rings is 1. The topological polar surface area (TPSA) is 45.7 Å². The number of pyridine rings is 1. The molecule has 2 fully saturated rings. The predicted octanol–water partition coefficient (Wildman–Crippen LogP) is 4.17. The maximum Gasteiger partial charge on any atom is 0.417 e. The first-order valence-corrected chi connectivity index (χ1v) is 10.6. The molecule has 0 spiro atoms. The van der Waals surface area contributed by atoms with Gasteiger partial charge in [-0.05, 0) is 55.0 Å². The van der Waals surface area contributed by atoms with Gasteiger partial charge >= 0.3 is 6.18 Å². The Bertz CT molecular complexity index is 900. The molecule has 0 aliphatic carbocycles. The van der Waals surface area contributed by atoms with Gasteiger partial charge in [0.05, 0.1) is 18.7 Å². The number of carbonyl (C=O) groups excluding carboxylic acids is 1. The Labute approximate surface area is 179 Å². The van der Waals surface area contributed by atoms with Crippen molar-refractivity contribution in [3.8, 4) is 5.75 Å². The van der Waals surface area contributed by atoms with Crippen LogP contribution in [0.4, 0.5) is 19.0 Å². The lowest BCUT2D eigenvalue weighted by Crippen LogP contribution is -2.50. The maximum absolute atomic E-state index is 12.9. The molecule has 31 heavy (non-hydrogen) atoms. The number of ether oxygens (including phenoxy) is 1. The van der Waals surface area contributed by atoms with E-state index in [1.54, 1.807) is 7.11 Å². The Morgan fingerprint density at radius 2 is 1.87 bits per heavy atom. The molecule has 2 aliphatic heterocycles. The quantitative estimate of drug-likeness (QED) is 0.710. The number of alkyl halides is 3. The Hall–Kier alpha value is -2.77. The number of anilines is 1. The van der Waals surface area contributed by atoms with E-state index in [-0.39, 0.29) is 11.9 Å². The van der Waals surface area contributed by atoms with Gasteiger partial charge in [0.2, 0.25) is 5.91 Å². The molecule has 166 valence electrons. The molecule has 2 aliphatic rings. The SMILES string of the molecule is COc1ccc(CCC(=O)N2CCC3CCN(c4ccc(C(F)(F)F)cn4)CC32)cc1. The third kappa shape index (κ3) is 4.78. The molecule has 1 amide bonds. The van der Waals surface area contributed by atoms with Crippen LogP contribution in [0.2, 0.25) is 0 Å². The lowest BCUT2D eigenvalue weighted by molar-refractivity contribution is -0.138. The van der Waals surface area contributed by atoms with Crippen molar-refractivity contribution in [2.75, 3.05) is 31.6 Å². The zero-order valence-corrected chi connectivity index (χ0v) is 17.4. The number of methoxy groups -OCH3 is 1. The van der Waals surface area contributed by atoms with E-state index < -0.39 is 11.7 Å². The highest BCUT2D eigenvalue weighted by atomic mass is 19.4. The molecule has 5 nitrogen and oxygen atoms in total. The van der Waals surface area contributed by atoms with Gasteiger partial charge in [-0.2, -0.15) is 13.2 Å². The van der Waals surface area contributed by atoms with Crippen molar-refractivity contribution in [1.82, 2.24) is 9.88 Å². The largest absolute Gasteiger partial charge is 0.497 e. The molecule has 0 bridgehead atoms. The summed E-state index contributed by atoms with van der Waals surface area (Å²) in [5.41, 5.74) is 0.339. The summed E-state index contributed by atoms with van der Waals surface area (Å²) in [6, 6.07) is 10.3. The van der Waals surface area contributed by atoms with Gasteiger partial charge < -0.3 is 14.5 Å². The molecule has 0 N–H and O–H groups in total. The van der Waals surface area contributed by atoms with Crippen molar-refractivity contribution in [2.24, 2.45) is 5.92 Å². The maximum atomic E-state index is 12.9. The molecular weight excluding hydrogens is 407 g/mol.